The molecule has 5 heteroatoms. The molecule has 0 aliphatic carbocycles. The van der Waals surface area contributed by atoms with E-state index in [4.69, 9.17) is 5.73 Å². The lowest BCUT2D eigenvalue weighted by molar-refractivity contribution is -0.137. The predicted octanol–water partition coefficient (Wildman–Crippen LogP) is 3.35. The van der Waals surface area contributed by atoms with E-state index in [1.807, 2.05) is 0 Å². The molecule has 0 saturated heterocycles. The quantitative estimate of drug-likeness (QED) is 0.827. The first kappa shape index (κ1) is 11.4. The Kier molecular flexibility index (Phi) is 2.75. The fourth-order valence-corrected chi connectivity index (χ4v) is 1.58. The molecule has 1 aromatic carbocycles. The van der Waals surface area contributed by atoms with Crippen molar-refractivity contribution < 1.29 is 13.2 Å². The van der Waals surface area contributed by atoms with Gasteiger partial charge < -0.3 is 5.73 Å². The molecule has 2 rings (SSSR count). The summed E-state index contributed by atoms with van der Waals surface area (Å²) < 4.78 is 38.4. The lowest BCUT2D eigenvalue weighted by atomic mass is 10.0. The number of rotatable bonds is 1. The molecule has 2 aromatic rings. The van der Waals surface area contributed by atoms with Crippen LogP contribution in [0.25, 0.3) is 11.3 Å². The number of pyridine rings is 1. The number of hydrogen-bond donors (Lipinski definition) is 1. The van der Waals surface area contributed by atoms with E-state index in [1.54, 1.807) is 6.07 Å². The van der Waals surface area contributed by atoms with Gasteiger partial charge in [0, 0.05) is 11.8 Å². The maximum absolute atomic E-state index is 12.8. The Bertz CT molecular complexity index is 535. The number of anilines is 1. The second kappa shape index (κ2) is 4.08. The molecule has 0 atom stereocenters. The first-order chi connectivity index (χ1) is 8.00. The van der Waals surface area contributed by atoms with Gasteiger partial charge in [0.25, 0.3) is 0 Å². The normalized spacial score (nSPS) is 11.5. The van der Waals surface area contributed by atoms with Crippen LogP contribution in [0.2, 0.25) is 0 Å². The molecular formula is C12H9F3N2. The van der Waals surface area contributed by atoms with E-state index in [-0.39, 0.29) is 16.9 Å². The lowest BCUT2D eigenvalue weighted by Crippen LogP contribution is -2.08. The van der Waals surface area contributed by atoms with Crippen molar-refractivity contribution in [3.05, 3.63) is 48.2 Å². The Morgan fingerprint density at radius 2 is 1.71 bits per heavy atom. The number of nitrogen functional groups attached to an aromatic ring is 1. The number of nitrogens with zero attached hydrogens (tertiary/aromatic N) is 1. The molecule has 0 spiro atoms. The first-order valence-corrected chi connectivity index (χ1v) is 4.87. The van der Waals surface area contributed by atoms with Gasteiger partial charge in [-0.25, -0.2) is 0 Å². The average molecular weight is 238 g/mol. The summed E-state index contributed by atoms with van der Waals surface area (Å²) in [5.74, 6) is 0. The van der Waals surface area contributed by atoms with Gasteiger partial charge in [-0.15, -0.1) is 0 Å². The molecule has 0 fully saturated rings. The van der Waals surface area contributed by atoms with E-state index >= 15 is 0 Å². The van der Waals surface area contributed by atoms with Crippen molar-refractivity contribution in [1.82, 2.24) is 4.98 Å². The maximum Gasteiger partial charge on any atom is 0.417 e. The summed E-state index contributed by atoms with van der Waals surface area (Å²) in [4.78, 5) is 3.90. The molecule has 0 bridgehead atoms. The molecule has 1 heterocycles. The van der Waals surface area contributed by atoms with E-state index in [0.717, 1.165) is 6.07 Å². The van der Waals surface area contributed by atoms with Crippen LogP contribution in [0, 0.1) is 0 Å². The Hall–Kier alpha value is -2.04. The minimum atomic E-state index is -4.42. The fourth-order valence-electron chi connectivity index (χ4n) is 1.58. The third-order valence-corrected chi connectivity index (χ3v) is 2.33. The number of aromatic nitrogens is 1. The average Bonchev–Trinajstić information content (AvgIpc) is 2.28. The SMILES string of the molecule is Nc1cccnc1-c1ccccc1C(F)(F)F. The van der Waals surface area contributed by atoms with Gasteiger partial charge in [0.1, 0.15) is 0 Å². The second-order valence-electron chi connectivity index (χ2n) is 3.48. The molecule has 17 heavy (non-hydrogen) atoms. The number of nitrogens with two attached hydrogens (primary N) is 1. The smallest absolute Gasteiger partial charge is 0.397 e. The summed E-state index contributed by atoms with van der Waals surface area (Å²) in [5.41, 5.74) is 5.28. The third-order valence-electron chi connectivity index (χ3n) is 2.33. The molecule has 2 N–H and O–H groups in total. The van der Waals surface area contributed by atoms with E-state index in [2.05, 4.69) is 4.98 Å². The van der Waals surface area contributed by atoms with Crippen LogP contribution in [0.15, 0.2) is 42.6 Å². The van der Waals surface area contributed by atoms with Crippen LogP contribution in [-0.2, 0) is 6.18 Å². The van der Waals surface area contributed by atoms with Gasteiger partial charge in [0.2, 0.25) is 0 Å². The summed E-state index contributed by atoms with van der Waals surface area (Å²) in [6.45, 7) is 0. The summed E-state index contributed by atoms with van der Waals surface area (Å²) >= 11 is 0. The van der Waals surface area contributed by atoms with Crippen LogP contribution >= 0.6 is 0 Å². The van der Waals surface area contributed by atoms with Crippen molar-refractivity contribution in [3.63, 3.8) is 0 Å². The van der Waals surface area contributed by atoms with Gasteiger partial charge in [0.05, 0.1) is 16.9 Å². The van der Waals surface area contributed by atoms with Crippen LogP contribution in [0.4, 0.5) is 18.9 Å². The molecule has 2 nitrogen and oxygen atoms in total. The molecule has 0 radical (unpaired) electrons. The van der Waals surface area contributed by atoms with Gasteiger partial charge in [-0.05, 0) is 18.2 Å². The largest absolute Gasteiger partial charge is 0.417 e. The van der Waals surface area contributed by atoms with Gasteiger partial charge >= 0.3 is 6.18 Å². The molecule has 0 amide bonds. The van der Waals surface area contributed by atoms with Crippen molar-refractivity contribution in [2.24, 2.45) is 0 Å². The fraction of sp³-hybridized carbons (Fsp3) is 0.0833. The summed E-state index contributed by atoms with van der Waals surface area (Å²) in [7, 11) is 0. The minimum absolute atomic E-state index is 0.00176. The third kappa shape index (κ3) is 2.22. The highest BCUT2D eigenvalue weighted by atomic mass is 19.4. The zero-order chi connectivity index (χ0) is 12.5. The van der Waals surface area contributed by atoms with Crippen molar-refractivity contribution in [3.8, 4) is 11.3 Å². The van der Waals surface area contributed by atoms with Gasteiger partial charge in [-0.2, -0.15) is 13.2 Å². The van der Waals surface area contributed by atoms with Crippen molar-refractivity contribution in [2.45, 2.75) is 6.18 Å². The standard InChI is InChI=1S/C12H9F3N2/c13-12(14,15)9-5-2-1-4-8(9)11-10(16)6-3-7-17-11/h1-7H,16H2. The van der Waals surface area contributed by atoms with Crippen molar-refractivity contribution >= 4 is 5.69 Å². The Balaban J connectivity index is 2.65. The number of halogens is 3. The van der Waals surface area contributed by atoms with E-state index in [9.17, 15) is 13.2 Å². The van der Waals surface area contributed by atoms with Crippen molar-refractivity contribution in [2.75, 3.05) is 5.73 Å². The Morgan fingerprint density at radius 3 is 2.35 bits per heavy atom. The highest BCUT2D eigenvalue weighted by molar-refractivity contribution is 5.75. The maximum atomic E-state index is 12.8. The highest BCUT2D eigenvalue weighted by Gasteiger charge is 2.33. The number of hydrogen-bond acceptors (Lipinski definition) is 2. The van der Waals surface area contributed by atoms with Gasteiger partial charge in [0.15, 0.2) is 0 Å². The second-order valence-corrected chi connectivity index (χ2v) is 3.48. The van der Waals surface area contributed by atoms with Crippen molar-refractivity contribution in [1.29, 1.82) is 0 Å². The minimum Gasteiger partial charge on any atom is -0.397 e. The summed E-state index contributed by atoms with van der Waals surface area (Å²) in [5, 5.41) is 0. The Morgan fingerprint density at radius 1 is 1.00 bits per heavy atom. The van der Waals surface area contributed by atoms with Crippen LogP contribution in [-0.4, -0.2) is 4.98 Å². The van der Waals surface area contributed by atoms with Gasteiger partial charge in [-0.3, -0.25) is 4.98 Å². The van der Waals surface area contributed by atoms with Crippen LogP contribution < -0.4 is 5.73 Å². The van der Waals surface area contributed by atoms with Crippen LogP contribution in [0.1, 0.15) is 5.56 Å². The zero-order valence-corrected chi connectivity index (χ0v) is 8.70. The molecular weight excluding hydrogens is 229 g/mol. The molecule has 0 aliphatic heterocycles. The monoisotopic (exact) mass is 238 g/mol. The molecule has 88 valence electrons. The van der Waals surface area contributed by atoms with E-state index < -0.39 is 11.7 Å². The highest BCUT2D eigenvalue weighted by Crippen LogP contribution is 2.37. The number of benzene rings is 1. The predicted molar refractivity (Wildman–Crippen MR) is 59.1 cm³/mol. The lowest BCUT2D eigenvalue weighted by Gasteiger charge is -2.13. The zero-order valence-electron chi connectivity index (χ0n) is 8.70. The number of alkyl halides is 3. The van der Waals surface area contributed by atoms with Crippen LogP contribution in [0.3, 0.4) is 0 Å². The van der Waals surface area contributed by atoms with Crippen LogP contribution in [0.5, 0.6) is 0 Å². The molecule has 1 aromatic heterocycles. The molecule has 0 aliphatic rings. The van der Waals surface area contributed by atoms with Gasteiger partial charge in [-0.1, -0.05) is 18.2 Å². The van der Waals surface area contributed by atoms with E-state index in [1.165, 1.54) is 30.5 Å². The first-order valence-electron chi connectivity index (χ1n) is 4.87. The molecule has 0 unspecified atom stereocenters. The Labute approximate surface area is 95.9 Å². The molecule has 0 saturated carbocycles. The summed E-state index contributed by atoms with van der Waals surface area (Å²) in [6, 6.07) is 8.35. The topological polar surface area (TPSA) is 38.9 Å². The summed E-state index contributed by atoms with van der Waals surface area (Å²) in [6.07, 6.45) is -3.00. The van der Waals surface area contributed by atoms with E-state index in [0.29, 0.717) is 0 Å².